The molecule has 138 valence electrons. The zero-order valence-corrected chi connectivity index (χ0v) is 15.7. The lowest BCUT2D eigenvalue weighted by molar-refractivity contribution is 0.0908. The smallest absolute Gasteiger partial charge is 0.271 e. The van der Waals surface area contributed by atoms with Crippen LogP contribution >= 0.6 is 11.6 Å². The molecular formula is C20H24ClN3O2. The lowest BCUT2D eigenvalue weighted by Gasteiger charge is -2.28. The maximum atomic E-state index is 12.5. The van der Waals surface area contributed by atoms with Gasteiger partial charge in [0.2, 0.25) is 0 Å². The van der Waals surface area contributed by atoms with Gasteiger partial charge in [0.15, 0.2) is 6.73 Å². The van der Waals surface area contributed by atoms with Gasteiger partial charge < -0.3 is 10.1 Å². The fourth-order valence-corrected chi connectivity index (χ4v) is 4.73. The van der Waals surface area contributed by atoms with Gasteiger partial charge in [-0.05, 0) is 68.2 Å². The third-order valence-corrected chi connectivity index (χ3v) is 6.06. The number of fused-ring (bicyclic) bond motifs is 2. The Morgan fingerprint density at radius 1 is 1.38 bits per heavy atom. The van der Waals surface area contributed by atoms with E-state index in [0.29, 0.717) is 22.4 Å². The summed E-state index contributed by atoms with van der Waals surface area (Å²) in [5.41, 5.74) is 0.426. The number of aromatic nitrogens is 2. The summed E-state index contributed by atoms with van der Waals surface area (Å²) in [5.74, 6) is 2.85. The van der Waals surface area contributed by atoms with E-state index in [1.807, 2.05) is 12.1 Å². The molecule has 2 fully saturated rings. The Bertz CT molecular complexity index is 791. The van der Waals surface area contributed by atoms with E-state index in [-0.39, 0.29) is 18.7 Å². The van der Waals surface area contributed by atoms with Crippen LogP contribution in [0.25, 0.3) is 0 Å². The van der Waals surface area contributed by atoms with E-state index in [1.165, 1.54) is 25.7 Å². The zero-order valence-electron chi connectivity index (χ0n) is 14.9. The maximum absolute atomic E-state index is 12.5. The molecule has 6 heteroatoms. The minimum Gasteiger partial charge on any atom is -0.471 e. The first-order valence-corrected chi connectivity index (χ1v) is 9.69. The predicted octanol–water partition coefficient (Wildman–Crippen LogP) is 4.13. The largest absolute Gasteiger partial charge is 0.471 e. The number of hydrogen-bond acceptors (Lipinski definition) is 3. The molecule has 4 atom stereocenters. The van der Waals surface area contributed by atoms with Gasteiger partial charge in [-0.3, -0.25) is 4.79 Å². The van der Waals surface area contributed by atoms with Crippen LogP contribution in [-0.4, -0.2) is 21.7 Å². The quantitative estimate of drug-likeness (QED) is 0.828. The monoisotopic (exact) mass is 373 g/mol. The summed E-state index contributed by atoms with van der Waals surface area (Å²) >= 11 is 5.94. The second-order valence-electron chi connectivity index (χ2n) is 7.57. The average molecular weight is 374 g/mol. The highest BCUT2D eigenvalue weighted by Crippen LogP contribution is 2.49. The highest BCUT2D eigenvalue weighted by atomic mass is 35.5. The van der Waals surface area contributed by atoms with Gasteiger partial charge in [-0.1, -0.05) is 24.1 Å². The number of benzene rings is 1. The van der Waals surface area contributed by atoms with Crippen molar-refractivity contribution in [3.05, 3.63) is 47.2 Å². The lowest BCUT2D eigenvalue weighted by Crippen LogP contribution is -2.40. The van der Waals surface area contributed by atoms with Crippen LogP contribution in [-0.2, 0) is 6.73 Å². The second kappa shape index (κ2) is 7.31. The Kier molecular flexibility index (Phi) is 4.90. The third-order valence-electron chi connectivity index (χ3n) is 5.83. The van der Waals surface area contributed by atoms with Crippen molar-refractivity contribution in [3.8, 4) is 5.75 Å². The number of carbonyl (C=O) groups excluding carboxylic acids is 1. The van der Waals surface area contributed by atoms with Crippen molar-refractivity contribution in [3.63, 3.8) is 0 Å². The molecule has 0 radical (unpaired) electrons. The van der Waals surface area contributed by atoms with E-state index < -0.39 is 0 Å². The number of nitrogens with one attached hydrogen (secondary N) is 1. The van der Waals surface area contributed by atoms with Crippen molar-refractivity contribution in [2.45, 2.75) is 45.4 Å². The van der Waals surface area contributed by atoms with Crippen LogP contribution < -0.4 is 10.1 Å². The zero-order chi connectivity index (χ0) is 18.1. The molecule has 2 aliphatic carbocycles. The summed E-state index contributed by atoms with van der Waals surface area (Å²) in [4.78, 5) is 12.5. The van der Waals surface area contributed by atoms with Gasteiger partial charge in [0.05, 0.1) is 0 Å². The first-order valence-electron chi connectivity index (χ1n) is 9.31. The molecule has 0 aliphatic heterocycles. The SMILES string of the molecule is CC(NC(=O)c1ccn(COc2cccc(Cl)c2)n1)C1CC2CCC1C2. The van der Waals surface area contributed by atoms with Crippen molar-refractivity contribution in [2.75, 3.05) is 0 Å². The molecule has 1 N–H and O–H groups in total. The van der Waals surface area contributed by atoms with Crippen LogP contribution in [0.2, 0.25) is 5.02 Å². The number of ether oxygens (including phenoxy) is 1. The van der Waals surface area contributed by atoms with Crippen molar-refractivity contribution in [1.29, 1.82) is 0 Å². The van der Waals surface area contributed by atoms with Gasteiger partial charge in [0.25, 0.3) is 5.91 Å². The van der Waals surface area contributed by atoms with Gasteiger partial charge >= 0.3 is 0 Å². The van der Waals surface area contributed by atoms with Crippen LogP contribution in [0.15, 0.2) is 36.5 Å². The first kappa shape index (κ1) is 17.4. The minimum absolute atomic E-state index is 0.109. The Morgan fingerprint density at radius 3 is 3.00 bits per heavy atom. The number of nitrogens with zero attached hydrogens (tertiary/aromatic N) is 2. The lowest BCUT2D eigenvalue weighted by atomic mass is 9.84. The molecule has 1 aromatic heterocycles. The second-order valence-corrected chi connectivity index (χ2v) is 8.01. The number of amides is 1. The van der Waals surface area contributed by atoms with Crippen molar-refractivity contribution < 1.29 is 9.53 Å². The Hall–Kier alpha value is -2.01. The van der Waals surface area contributed by atoms with E-state index in [9.17, 15) is 4.79 Å². The first-order chi connectivity index (χ1) is 12.6. The fourth-order valence-electron chi connectivity index (χ4n) is 4.55. The van der Waals surface area contributed by atoms with Crippen LogP contribution in [0.5, 0.6) is 5.75 Å². The Balaban J connectivity index is 1.31. The molecule has 1 aromatic carbocycles. The Morgan fingerprint density at radius 2 is 2.27 bits per heavy atom. The summed E-state index contributed by atoms with van der Waals surface area (Å²) < 4.78 is 7.26. The van der Waals surface area contributed by atoms with E-state index >= 15 is 0 Å². The normalized spacial score (nSPS) is 25.2. The maximum Gasteiger partial charge on any atom is 0.271 e. The van der Waals surface area contributed by atoms with Crippen molar-refractivity contribution in [1.82, 2.24) is 15.1 Å². The molecule has 2 saturated carbocycles. The van der Waals surface area contributed by atoms with E-state index in [0.717, 1.165) is 11.8 Å². The number of carbonyl (C=O) groups is 1. The van der Waals surface area contributed by atoms with Crippen LogP contribution in [0.4, 0.5) is 0 Å². The van der Waals surface area contributed by atoms with Gasteiger partial charge in [-0.25, -0.2) is 4.68 Å². The van der Waals surface area contributed by atoms with Gasteiger partial charge in [-0.2, -0.15) is 5.10 Å². The Labute approximate surface area is 158 Å². The standard InChI is InChI=1S/C20H24ClN3O2/c1-13(18-10-14-5-6-15(18)9-14)22-20(25)19-7-8-24(23-19)12-26-17-4-2-3-16(21)11-17/h2-4,7-8,11,13-15,18H,5-6,9-10,12H2,1H3,(H,22,25). The molecule has 4 rings (SSSR count). The summed E-state index contributed by atoms with van der Waals surface area (Å²) in [5, 5.41) is 8.09. The number of halogens is 1. The molecule has 2 bridgehead atoms. The van der Waals surface area contributed by atoms with Gasteiger partial charge in [0.1, 0.15) is 11.4 Å². The minimum atomic E-state index is -0.109. The molecule has 2 aliphatic rings. The molecule has 1 amide bonds. The molecule has 26 heavy (non-hydrogen) atoms. The highest BCUT2D eigenvalue weighted by molar-refractivity contribution is 6.30. The number of hydrogen-bond donors (Lipinski definition) is 1. The molecule has 1 heterocycles. The highest BCUT2D eigenvalue weighted by Gasteiger charge is 2.42. The van der Waals surface area contributed by atoms with Crippen molar-refractivity contribution >= 4 is 17.5 Å². The molecule has 0 spiro atoms. The molecule has 5 nitrogen and oxygen atoms in total. The summed E-state index contributed by atoms with van der Waals surface area (Å²) in [6.07, 6.45) is 7.06. The van der Waals surface area contributed by atoms with Gasteiger partial charge in [-0.15, -0.1) is 0 Å². The molecule has 2 aromatic rings. The van der Waals surface area contributed by atoms with Gasteiger partial charge in [0, 0.05) is 17.3 Å². The van der Waals surface area contributed by atoms with Crippen LogP contribution in [0.3, 0.4) is 0 Å². The average Bonchev–Trinajstić information content (AvgIpc) is 3.36. The fraction of sp³-hybridized carbons (Fsp3) is 0.500. The van der Waals surface area contributed by atoms with E-state index in [1.54, 1.807) is 29.1 Å². The van der Waals surface area contributed by atoms with Crippen LogP contribution in [0.1, 0.15) is 43.1 Å². The topological polar surface area (TPSA) is 56.2 Å². The summed E-state index contributed by atoms with van der Waals surface area (Å²) in [7, 11) is 0. The third kappa shape index (κ3) is 3.73. The summed E-state index contributed by atoms with van der Waals surface area (Å²) in [6.45, 7) is 2.36. The van der Waals surface area contributed by atoms with Crippen LogP contribution in [0, 0.1) is 17.8 Å². The number of rotatable bonds is 6. The van der Waals surface area contributed by atoms with Crippen molar-refractivity contribution in [2.24, 2.45) is 17.8 Å². The molecular weight excluding hydrogens is 350 g/mol. The summed E-state index contributed by atoms with van der Waals surface area (Å²) in [6, 6.07) is 9.13. The predicted molar refractivity (Wildman–Crippen MR) is 100 cm³/mol. The molecule has 0 saturated heterocycles. The van der Waals surface area contributed by atoms with E-state index in [4.69, 9.17) is 16.3 Å². The molecule has 4 unspecified atom stereocenters. The van der Waals surface area contributed by atoms with E-state index in [2.05, 4.69) is 17.3 Å².